The van der Waals surface area contributed by atoms with Crippen LogP contribution in [-0.4, -0.2) is 43.9 Å². The lowest BCUT2D eigenvalue weighted by Gasteiger charge is -2.33. The van der Waals surface area contributed by atoms with E-state index in [4.69, 9.17) is 16.6 Å². The molecule has 0 amide bonds. The Morgan fingerprint density at radius 1 is 1.07 bits per heavy atom. The van der Waals surface area contributed by atoms with Gasteiger partial charge in [-0.2, -0.15) is 4.31 Å². The van der Waals surface area contributed by atoms with Crippen molar-refractivity contribution in [3.8, 4) is 0 Å². The molecule has 0 atom stereocenters. The van der Waals surface area contributed by atoms with Crippen molar-refractivity contribution in [3.05, 3.63) is 74.7 Å². The molecule has 9 heteroatoms. The molecule has 3 aromatic rings. The van der Waals surface area contributed by atoms with Gasteiger partial charge in [0.05, 0.1) is 10.6 Å². The number of hydrogen-bond donors (Lipinski definition) is 0. The number of hydrogen-bond acceptors (Lipinski definition) is 5. The SMILES string of the molecule is O=S(=O)(c1cccc(Br)c1)N1CCN(c2nc(Cc3ccc(Cl)cc3)cs2)CC1. The van der Waals surface area contributed by atoms with Gasteiger partial charge in [0, 0.05) is 47.5 Å². The van der Waals surface area contributed by atoms with Crippen LogP contribution in [-0.2, 0) is 16.4 Å². The van der Waals surface area contributed by atoms with E-state index in [1.54, 1.807) is 33.8 Å². The Bertz CT molecular complexity index is 1090. The van der Waals surface area contributed by atoms with Crippen LogP contribution in [0.5, 0.6) is 0 Å². The van der Waals surface area contributed by atoms with Crippen molar-refractivity contribution in [2.45, 2.75) is 11.3 Å². The molecule has 4 rings (SSSR count). The second-order valence-electron chi connectivity index (χ2n) is 6.77. The first-order valence-corrected chi connectivity index (χ1v) is 12.6. The molecule has 5 nitrogen and oxygen atoms in total. The lowest BCUT2D eigenvalue weighted by atomic mass is 10.1. The molecule has 1 fully saturated rings. The molecule has 0 aliphatic carbocycles. The second-order valence-corrected chi connectivity index (χ2v) is 10.9. The highest BCUT2D eigenvalue weighted by atomic mass is 79.9. The van der Waals surface area contributed by atoms with E-state index in [1.165, 1.54) is 0 Å². The smallest absolute Gasteiger partial charge is 0.243 e. The van der Waals surface area contributed by atoms with Gasteiger partial charge < -0.3 is 4.90 Å². The molecule has 2 aromatic carbocycles. The van der Waals surface area contributed by atoms with Gasteiger partial charge in [-0.1, -0.05) is 45.7 Å². The van der Waals surface area contributed by atoms with Crippen molar-refractivity contribution < 1.29 is 8.42 Å². The fourth-order valence-electron chi connectivity index (χ4n) is 3.23. The number of thiazole rings is 1. The Morgan fingerprint density at radius 2 is 1.79 bits per heavy atom. The number of sulfonamides is 1. The molecule has 0 spiro atoms. The number of anilines is 1. The van der Waals surface area contributed by atoms with Crippen LogP contribution in [0.15, 0.2) is 63.3 Å². The third kappa shape index (κ3) is 4.83. The van der Waals surface area contributed by atoms with E-state index in [-0.39, 0.29) is 0 Å². The molecule has 1 saturated heterocycles. The first kappa shape index (κ1) is 20.8. The largest absolute Gasteiger partial charge is 0.345 e. The molecule has 0 saturated carbocycles. The summed E-state index contributed by atoms with van der Waals surface area (Å²) in [7, 11) is -3.48. The van der Waals surface area contributed by atoms with Gasteiger partial charge in [-0.15, -0.1) is 11.3 Å². The zero-order chi connectivity index (χ0) is 20.4. The Morgan fingerprint density at radius 3 is 2.48 bits per heavy atom. The zero-order valence-corrected chi connectivity index (χ0v) is 19.4. The minimum Gasteiger partial charge on any atom is -0.345 e. The molecule has 1 aliphatic rings. The van der Waals surface area contributed by atoms with Crippen molar-refractivity contribution in [1.29, 1.82) is 0 Å². The van der Waals surface area contributed by atoms with Crippen molar-refractivity contribution in [2.75, 3.05) is 31.1 Å². The van der Waals surface area contributed by atoms with E-state index < -0.39 is 10.0 Å². The molecule has 0 bridgehead atoms. The quantitative estimate of drug-likeness (QED) is 0.499. The Labute approximate surface area is 188 Å². The van der Waals surface area contributed by atoms with Crippen LogP contribution in [0.3, 0.4) is 0 Å². The van der Waals surface area contributed by atoms with Gasteiger partial charge in [0.1, 0.15) is 0 Å². The minimum absolute atomic E-state index is 0.319. The van der Waals surface area contributed by atoms with Crippen LogP contribution in [0.2, 0.25) is 5.02 Å². The average molecular weight is 513 g/mol. The maximum absolute atomic E-state index is 12.9. The van der Waals surface area contributed by atoms with Crippen LogP contribution >= 0.6 is 38.9 Å². The van der Waals surface area contributed by atoms with Gasteiger partial charge in [0.15, 0.2) is 5.13 Å². The highest BCUT2D eigenvalue weighted by Crippen LogP contribution is 2.26. The summed E-state index contributed by atoms with van der Waals surface area (Å²) >= 11 is 10.9. The van der Waals surface area contributed by atoms with E-state index in [2.05, 4.69) is 26.2 Å². The highest BCUT2D eigenvalue weighted by Gasteiger charge is 2.29. The van der Waals surface area contributed by atoms with Gasteiger partial charge in [0.2, 0.25) is 10.0 Å². The standard InChI is InChI=1S/C20H19BrClN3O2S2/c21-16-2-1-3-19(13-16)29(26,27)25-10-8-24(9-11-25)20-23-18(14-28-20)12-15-4-6-17(22)7-5-15/h1-7,13-14H,8-12H2. The number of nitrogens with zero attached hydrogens (tertiary/aromatic N) is 3. The number of benzene rings is 2. The molecule has 0 radical (unpaired) electrons. The van der Waals surface area contributed by atoms with Crippen LogP contribution in [0.4, 0.5) is 5.13 Å². The molecule has 1 aliphatic heterocycles. The summed E-state index contributed by atoms with van der Waals surface area (Å²) in [6.45, 7) is 2.14. The molecule has 152 valence electrons. The third-order valence-corrected chi connectivity index (χ3v) is 8.37. The van der Waals surface area contributed by atoms with Crippen molar-refractivity contribution in [1.82, 2.24) is 9.29 Å². The zero-order valence-electron chi connectivity index (χ0n) is 15.5. The minimum atomic E-state index is -3.48. The predicted octanol–water partition coefficient (Wildman–Crippen LogP) is 4.66. The normalized spacial score (nSPS) is 15.6. The average Bonchev–Trinajstić information content (AvgIpc) is 3.18. The second kappa shape index (κ2) is 8.73. The Hall–Kier alpha value is -1.45. The molecular formula is C20H19BrClN3O2S2. The van der Waals surface area contributed by atoms with Gasteiger partial charge in [-0.3, -0.25) is 0 Å². The van der Waals surface area contributed by atoms with Gasteiger partial charge >= 0.3 is 0 Å². The summed E-state index contributed by atoms with van der Waals surface area (Å²) in [4.78, 5) is 7.22. The number of halogens is 2. The predicted molar refractivity (Wildman–Crippen MR) is 121 cm³/mol. The molecular weight excluding hydrogens is 494 g/mol. The molecule has 2 heterocycles. The van der Waals surface area contributed by atoms with E-state index in [9.17, 15) is 8.42 Å². The summed E-state index contributed by atoms with van der Waals surface area (Å²) in [5, 5.41) is 3.73. The van der Waals surface area contributed by atoms with Gasteiger partial charge in [-0.25, -0.2) is 13.4 Å². The maximum atomic E-state index is 12.9. The van der Waals surface area contributed by atoms with E-state index in [0.717, 1.165) is 32.3 Å². The number of aromatic nitrogens is 1. The number of piperazine rings is 1. The van der Waals surface area contributed by atoms with Gasteiger partial charge in [0.25, 0.3) is 0 Å². The van der Waals surface area contributed by atoms with Crippen molar-refractivity contribution in [3.63, 3.8) is 0 Å². The summed E-state index contributed by atoms with van der Waals surface area (Å²) in [6, 6.07) is 14.6. The summed E-state index contributed by atoms with van der Waals surface area (Å²) in [5.41, 5.74) is 2.17. The summed E-state index contributed by atoms with van der Waals surface area (Å²) in [5.74, 6) is 0. The first-order valence-electron chi connectivity index (χ1n) is 9.11. The number of rotatable bonds is 5. The van der Waals surface area contributed by atoms with Gasteiger partial charge in [-0.05, 0) is 35.9 Å². The van der Waals surface area contributed by atoms with Crippen LogP contribution in [0.25, 0.3) is 0 Å². The Kier molecular flexibility index (Phi) is 6.27. The van der Waals surface area contributed by atoms with Crippen LogP contribution in [0.1, 0.15) is 11.3 Å². The topological polar surface area (TPSA) is 53.5 Å². The highest BCUT2D eigenvalue weighted by molar-refractivity contribution is 9.10. The van der Waals surface area contributed by atoms with Crippen LogP contribution < -0.4 is 4.90 Å². The van der Waals surface area contributed by atoms with Crippen molar-refractivity contribution >= 4 is 54.0 Å². The lowest BCUT2D eigenvalue weighted by Crippen LogP contribution is -2.48. The Balaban J connectivity index is 1.40. The summed E-state index contributed by atoms with van der Waals surface area (Å²) < 4.78 is 28.1. The third-order valence-electron chi connectivity index (χ3n) is 4.78. The maximum Gasteiger partial charge on any atom is 0.243 e. The fourth-order valence-corrected chi connectivity index (χ4v) is 6.25. The summed E-state index contributed by atoms with van der Waals surface area (Å²) in [6.07, 6.45) is 0.755. The van der Waals surface area contributed by atoms with E-state index in [1.807, 2.05) is 30.3 Å². The van der Waals surface area contributed by atoms with Crippen LogP contribution in [0, 0.1) is 0 Å². The van der Waals surface area contributed by atoms with Crippen molar-refractivity contribution in [2.24, 2.45) is 0 Å². The molecule has 0 unspecified atom stereocenters. The fraction of sp³-hybridized carbons (Fsp3) is 0.250. The molecule has 1 aromatic heterocycles. The monoisotopic (exact) mass is 511 g/mol. The molecule has 29 heavy (non-hydrogen) atoms. The first-order chi connectivity index (χ1) is 13.9. The lowest BCUT2D eigenvalue weighted by molar-refractivity contribution is 0.384. The van der Waals surface area contributed by atoms with E-state index >= 15 is 0 Å². The van der Waals surface area contributed by atoms with E-state index in [0.29, 0.717) is 31.1 Å². The molecule has 0 N–H and O–H groups in total.